The van der Waals surface area contributed by atoms with Crippen LogP contribution in [0.15, 0.2) is 12.3 Å². The normalized spacial score (nSPS) is 12.6. The van der Waals surface area contributed by atoms with Crippen LogP contribution in [0.2, 0.25) is 0 Å². The van der Waals surface area contributed by atoms with Crippen LogP contribution in [0, 0.1) is 6.92 Å². The summed E-state index contributed by atoms with van der Waals surface area (Å²) >= 11 is 0. The Labute approximate surface area is 110 Å². The third-order valence-corrected chi connectivity index (χ3v) is 2.86. The first-order valence-corrected chi connectivity index (χ1v) is 6.72. The van der Waals surface area contributed by atoms with Crippen molar-refractivity contribution >= 4 is 5.82 Å². The molecule has 0 radical (unpaired) electrons. The minimum Gasteiger partial charge on any atom is -0.383 e. The molecule has 1 aromatic heterocycles. The molecule has 3 N–H and O–H groups in total. The summed E-state index contributed by atoms with van der Waals surface area (Å²) in [5.74, 6) is 0.601. The van der Waals surface area contributed by atoms with Crippen LogP contribution in [0.25, 0.3) is 0 Å². The lowest BCUT2D eigenvalue weighted by Crippen LogP contribution is -2.28. The summed E-state index contributed by atoms with van der Waals surface area (Å²) < 4.78 is 5.66. The Balaban J connectivity index is 2.79. The summed E-state index contributed by atoms with van der Waals surface area (Å²) in [6, 6.07) is 2.12. The van der Waals surface area contributed by atoms with E-state index in [4.69, 9.17) is 10.5 Å². The predicted molar refractivity (Wildman–Crippen MR) is 75.5 cm³/mol. The maximum absolute atomic E-state index is 5.99. The van der Waals surface area contributed by atoms with Gasteiger partial charge in [-0.1, -0.05) is 13.8 Å². The lowest BCUT2D eigenvalue weighted by atomic mass is 10.0. The number of anilines is 1. The largest absolute Gasteiger partial charge is 0.383 e. The van der Waals surface area contributed by atoms with Crippen LogP contribution in [0.4, 0.5) is 5.82 Å². The SMILES string of the molecule is CCCNC(COCCC)c1c(C)ccnc1N. The smallest absolute Gasteiger partial charge is 0.128 e. The Kier molecular flexibility index (Phi) is 6.68. The lowest BCUT2D eigenvalue weighted by Gasteiger charge is -2.21. The van der Waals surface area contributed by atoms with Crippen molar-refractivity contribution in [2.24, 2.45) is 0 Å². The molecule has 0 fully saturated rings. The van der Waals surface area contributed by atoms with Crippen LogP contribution in [0.5, 0.6) is 0 Å². The summed E-state index contributed by atoms with van der Waals surface area (Å²) in [5, 5.41) is 3.48. The van der Waals surface area contributed by atoms with Gasteiger partial charge < -0.3 is 15.8 Å². The van der Waals surface area contributed by atoms with Crippen LogP contribution in [-0.4, -0.2) is 24.7 Å². The first kappa shape index (κ1) is 14.9. The highest BCUT2D eigenvalue weighted by Crippen LogP contribution is 2.22. The number of nitrogens with one attached hydrogen (secondary N) is 1. The van der Waals surface area contributed by atoms with Crippen LogP contribution < -0.4 is 11.1 Å². The van der Waals surface area contributed by atoms with Crippen molar-refractivity contribution in [1.29, 1.82) is 0 Å². The minimum absolute atomic E-state index is 0.130. The minimum atomic E-state index is 0.130. The van der Waals surface area contributed by atoms with Crippen molar-refractivity contribution in [1.82, 2.24) is 10.3 Å². The summed E-state index contributed by atoms with van der Waals surface area (Å²) in [6.07, 6.45) is 3.86. The van der Waals surface area contributed by atoms with Crippen molar-refractivity contribution in [2.75, 3.05) is 25.5 Å². The molecule has 1 aromatic rings. The molecule has 4 heteroatoms. The summed E-state index contributed by atoms with van der Waals surface area (Å²) in [5.41, 5.74) is 8.23. The van der Waals surface area contributed by atoms with E-state index in [0.717, 1.165) is 37.1 Å². The highest BCUT2D eigenvalue weighted by atomic mass is 16.5. The van der Waals surface area contributed by atoms with E-state index < -0.39 is 0 Å². The van der Waals surface area contributed by atoms with E-state index in [-0.39, 0.29) is 6.04 Å². The molecule has 0 amide bonds. The Morgan fingerprint density at radius 3 is 2.78 bits per heavy atom. The van der Waals surface area contributed by atoms with Gasteiger partial charge in [-0.15, -0.1) is 0 Å². The van der Waals surface area contributed by atoms with Gasteiger partial charge in [0, 0.05) is 18.4 Å². The number of hydrogen-bond donors (Lipinski definition) is 2. The molecule has 4 nitrogen and oxygen atoms in total. The van der Waals surface area contributed by atoms with Gasteiger partial charge in [0.25, 0.3) is 0 Å². The molecule has 0 saturated heterocycles. The first-order chi connectivity index (χ1) is 8.70. The van der Waals surface area contributed by atoms with Crippen molar-refractivity contribution in [3.63, 3.8) is 0 Å². The van der Waals surface area contributed by atoms with Crippen molar-refractivity contribution < 1.29 is 4.74 Å². The van der Waals surface area contributed by atoms with E-state index in [1.165, 1.54) is 0 Å². The molecule has 0 saturated carbocycles. The average Bonchev–Trinajstić information content (AvgIpc) is 2.35. The summed E-state index contributed by atoms with van der Waals surface area (Å²) in [7, 11) is 0. The number of nitrogens with zero attached hydrogens (tertiary/aromatic N) is 1. The molecule has 0 aromatic carbocycles. The quantitative estimate of drug-likeness (QED) is 0.697. The monoisotopic (exact) mass is 251 g/mol. The van der Waals surface area contributed by atoms with Gasteiger partial charge in [-0.25, -0.2) is 4.98 Å². The van der Waals surface area contributed by atoms with Gasteiger partial charge in [0.15, 0.2) is 0 Å². The summed E-state index contributed by atoms with van der Waals surface area (Å²) in [6.45, 7) is 8.70. The van der Waals surface area contributed by atoms with E-state index in [0.29, 0.717) is 12.4 Å². The van der Waals surface area contributed by atoms with E-state index in [9.17, 15) is 0 Å². The summed E-state index contributed by atoms with van der Waals surface area (Å²) in [4.78, 5) is 4.18. The maximum Gasteiger partial charge on any atom is 0.128 e. The van der Waals surface area contributed by atoms with Crippen LogP contribution in [-0.2, 0) is 4.74 Å². The molecule has 1 rings (SSSR count). The third-order valence-electron chi connectivity index (χ3n) is 2.86. The van der Waals surface area contributed by atoms with Gasteiger partial charge in [-0.3, -0.25) is 0 Å². The van der Waals surface area contributed by atoms with Gasteiger partial charge in [0.1, 0.15) is 5.82 Å². The highest BCUT2D eigenvalue weighted by molar-refractivity contribution is 5.46. The van der Waals surface area contributed by atoms with Gasteiger partial charge in [0.2, 0.25) is 0 Å². The van der Waals surface area contributed by atoms with Crippen molar-refractivity contribution in [3.8, 4) is 0 Å². The molecule has 0 aliphatic carbocycles. The van der Waals surface area contributed by atoms with E-state index in [1.807, 2.05) is 6.07 Å². The Morgan fingerprint density at radius 1 is 1.39 bits per heavy atom. The lowest BCUT2D eigenvalue weighted by molar-refractivity contribution is 0.112. The Hall–Kier alpha value is -1.13. The van der Waals surface area contributed by atoms with Gasteiger partial charge in [0.05, 0.1) is 12.6 Å². The number of rotatable bonds is 8. The number of ether oxygens (including phenoxy) is 1. The van der Waals surface area contributed by atoms with Gasteiger partial charge in [-0.05, 0) is 37.9 Å². The zero-order chi connectivity index (χ0) is 13.4. The van der Waals surface area contributed by atoms with E-state index >= 15 is 0 Å². The fourth-order valence-electron chi connectivity index (χ4n) is 1.95. The molecule has 0 spiro atoms. The molecular formula is C14H25N3O. The zero-order valence-corrected chi connectivity index (χ0v) is 11.7. The predicted octanol–water partition coefficient (Wildman–Crippen LogP) is 2.44. The number of nitrogens with two attached hydrogens (primary N) is 1. The van der Waals surface area contributed by atoms with Crippen LogP contribution in [0.1, 0.15) is 43.9 Å². The zero-order valence-electron chi connectivity index (χ0n) is 11.7. The number of aryl methyl sites for hydroxylation is 1. The third kappa shape index (κ3) is 4.27. The number of aromatic nitrogens is 1. The molecule has 1 heterocycles. The van der Waals surface area contributed by atoms with E-state index in [1.54, 1.807) is 6.20 Å². The fraction of sp³-hybridized carbons (Fsp3) is 0.643. The standard InChI is InChI=1S/C14H25N3O/c1-4-7-16-12(10-18-9-5-2)13-11(3)6-8-17-14(13)15/h6,8,12,16H,4-5,7,9-10H2,1-3H3,(H2,15,17). The molecule has 1 unspecified atom stereocenters. The fourth-order valence-corrected chi connectivity index (χ4v) is 1.95. The second-order valence-electron chi connectivity index (χ2n) is 4.51. The van der Waals surface area contributed by atoms with Crippen LogP contribution >= 0.6 is 0 Å². The molecule has 18 heavy (non-hydrogen) atoms. The molecule has 1 atom stereocenters. The molecule has 102 valence electrons. The Morgan fingerprint density at radius 2 is 2.17 bits per heavy atom. The number of pyridine rings is 1. The molecule has 0 aliphatic rings. The number of nitrogen functional groups attached to an aromatic ring is 1. The second-order valence-corrected chi connectivity index (χ2v) is 4.51. The highest BCUT2D eigenvalue weighted by Gasteiger charge is 2.16. The Bertz CT molecular complexity index is 335. The number of hydrogen-bond acceptors (Lipinski definition) is 4. The first-order valence-electron chi connectivity index (χ1n) is 6.72. The molecule has 0 aliphatic heterocycles. The second kappa shape index (κ2) is 8.06. The average molecular weight is 251 g/mol. The van der Waals surface area contributed by atoms with E-state index in [2.05, 4.69) is 31.1 Å². The maximum atomic E-state index is 5.99. The van der Waals surface area contributed by atoms with Gasteiger partial charge >= 0.3 is 0 Å². The van der Waals surface area contributed by atoms with Crippen LogP contribution in [0.3, 0.4) is 0 Å². The van der Waals surface area contributed by atoms with Crippen molar-refractivity contribution in [2.45, 2.75) is 39.7 Å². The van der Waals surface area contributed by atoms with Gasteiger partial charge in [-0.2, -0.15) is 0 Å². The van der Waals surface area contributed by atoms with Crippen molar-refractivity contribution in [3.05, 3.63) is 23.4 Å². The molecular weight excluding hydrogens is 226 g/mol. The molecule has 0 bridgehead atoms. The topological polar surface area (TPSA) is 60.2 Å².